The van der Waals surface area contributed by atoms with Crippen LogP contribution in [0.4, 0.5) is 5.69 Å². The van der Waals surface area contributed by atoms with Crippen molar-refractivity contribution in [3.63, 3.8) is 0 Å². The van der Waals surface area contributed by atoms with Crippen molar-refractivity contribution in [2.24, 2.45) is 0 Å². The van der Waals surface area contributed by atoms with Crippen LogP contribution in [0.2, 0.25) is 0 Å². The summed E-state index contributed by atoms with van der Waals surface area (Å²) in [6.07, 6.45) is 1.02. The molecule has 2 aromatic rings. The predicted octanol–water partition coefficient (Wildman–Crippen LogP) is 2.53. The van der Waals surface area contributed by atoms with Gasteiger partial charge in [0.05, 0.1) is 6.26 Å². The maximum absolute atomic E-state index is 11.1. The van der Waals surface area contributed by atoms with Crippen molar-refractivity contribution in [3.05, 3.63) is 48.5 Å². The van der Waals surface area contributed by atoms with Gasteiger partial charge >= 0.3 is 10.1 Å². The van der Waals surface area contributed by atoms with Crippen molar-refractivity contribution in [3.8, 4) is 16.9 Å². The van der Waals surface area contributed by atoms with Gasteiger partial charge in [-0.15, -0.1) is 0 Å². The van der Waals surface area contributed by atoms with E-state index in [0.717, 1.165) is 23.1 Å². The van der Waals surface area contributed by atoms with Gasteiger partial charge in [-0.25, -0.2) is 0 Å². The van der Waals surface area contributed by atoms with E-state index in [9.17, 15) is 8.42 Å². The summed E-state index contributed by atoms with van der Waals surface area (Å²) in [4.78, 5) is 0. The van der Waals surface area contributed by atoms with Crippen molar-refractivity contribution < 1.29 is 12.6 Å². The summed E-state index contributed by atoms with van der Waals surface area (Å²) in [5.74, 6) is 0.291. The zero-order chi connectivity index (χ0) is 13.9. The maximum Gasteiger partial charge on any atom is 0.306 e. The van der Waals surface area contributed by atoms with Gasteiger partial charge in [0.15, 0.2) is 0 Å². The summed E-state index contributed by atoms with van der Waals surface area (Å²) in [5.41, 5.74) is 2.62. The first-order valence-corrected chi connectivity index (χ1v) is 7.49. The highest BCUT2D eigenvalue weighted by Gasteiger charge is 2.08. The van der Waals surface area contributed by atoms with Crippen molar-refractivity contribution in [2.75, 3.05) is 18.6 Å². The lowest BCUT2D eigenvalue weighted by Gasteiger charge is -2.10. The molecule has 0 atom stereocenters. The Bertz CT molecular complexity index is 681. The molecule has 0 aromatic heterocycles. The molecule has 2 rings (SSSR count). The van der Waals surface area contributed by atoms with Crippen LogP contribution >= 0.6 is 0 Å². The molecule has 0 spiro atoms. The van der Waals surface area contributed by atoms with Crippen LogP contribution in [-0.4, -0.2) is 21.7 Å². The van der Waals surface area contributed by atoms with Crippen LogP contribution in [0.15, 0.2) is 42.5 Å². The molecule has 2 aromatic carbocycles. The highest BCUT2D eigenvalue weighted by Crippen LogP contribution is 2.29. The Kier molecular flexibility index (Phi) is 3.76. The zero-order valence-corrected chi connectivity index (χ0v) is 11.5. The molecule has 0 unspecified atom stereocenters. The Morgan fingerprint density at radius 3 is 2.68 bits per heavy atom. The molecule has 4 nitrogen and oxygen atoms in total. The standard InChI is InChI=1S/C14H14NO3S/c1-15-14-9-4-3-8-13(14)11-6-5-7-12(10-11)18-19(2,16)17/h3-7,9-10,15H,1-2H3. The van der Waals surface area contributed by atoms with Gasteiger partial charge in [-0.1, -0.05) is 24.3 Å². The summed E-state index contributed by atoms with van der Waals surface area (Å²) in [7, 11) is -1.69. The number of nitrogens with one attached hydrogen (secondary N) is 1. The molecule has 0 heterocycles. The minimum Gasteiger partial charge on any atom is -0.388 e. The largest absolute Gasteiger partial charge is 0.388 e. The highest BCUT2D eigenvalue weighted by molar-refractivity contribution is 7.86. The molecule has 5 heteroatoms. The normalized spacial score (nSPS) is 11.1. The van der Waals surface area contributed by atoms with Crippen LogP contribution in [-0.2, 0) is 10.1 Å². The molecular weight excluding hydrogens is 262 g/mol. The Morgan fingerprint density at radius 1 is 1.21 bits per heavy atom. The second kappa shape index (κ2) is 5.32. The quantitative estimate of drug-likeness (QED) is 0.872. The first-order valence-electron chi connectivity index (χ1n) is 5.68. The summed E-state index contributed by atoms with van der Waals surface area (Å²) in [6, 6.07) is 15.6. The molecule has 0 bridgehead atoms. The number of hydrogen-bond donors (Lipinski definition) is 1. The average Bonchev–Trinajstić information content (AvgIpc) is 2.37. The number of rotatable bonds is 4. The van der Waals surface area contributed by atoms with Crippen LogP contribution in [0.5, 0.6) is 5.75 Å². The second-order valence-corrected chi connectivity index (χ2v) is 5.60. The minimum atomic E-state index is -3.52. The second-order valence-electron chi connectivity index (χ2n) is 4.02. The predicted molar refractivity (Wildman–Crippen MR) is 75.7 cm³/mol. The number of anilines is 1. The zero-order valence-electron chi connectivity index (χ0n) is 10.7. The Hall–Kier alpha value is -2.01. The van der Waals surface area contributed by atoms with E-state index in [1.165, 1.54) is 0 Å². The first-order chi connectivity index (χ1) is 8.99. The molecule has 1 N–H and O–H groups in total. The smallest absolute Gasteiger partial charge is 0.306 e. The molecular formula is C14H14NO3S. The van der Waals surface area contributed by atoms with Gasteiger partial charge in [-0.05, 0) is 29.8 Å². The van der Waals surface area contributed by atoms with Gasteiger partial charge in [-0.3, -0.25) is 0 Å². The topological polar surface area (TPSA) is 55.4 Å². The fraction of sp³-hybridized carbons (Fsp3) is 0.143. The first kappa shape index (κ1) is 13.4. The Balaban J connectivity index is 2.43. The van der Waals surface area contributed by atoms with Crippen LogP contribution in [0.3, 0.4) is 0 Å². The highest BCUT2D eigenvalue weighted by atomic mass is 32.2. The Labute approximate surface area is 113 Å². The van der Waals surface area contributed by atoms with Crippen LogP contribution in [0, 0.1) is 6.07 Å². The lowest BCUT2D eigenvalue weighted by atomic mass is 10.0. The van der Waals surface area contributed by atoms with E-state index in [1.807, 2.05) is 25.2 Å². The summed E-state index contributed by atoms with van der Waals surface area (Å²) in [6.45, 7) is 0. The van der Waals surface area contributed by atoms with Gasteiger partial charge in [0.1, 0.15) is 5.75 Å². The molecule has 0 aliphatic carbocycles. The van der Waals surface area contributed by atoms with Gasteiger partial charge in [0.2, 0.25) is 0 Å². The van der Waals surface area contributed by atoms with Gasteiger partial charge < -0.3 is 9.50 Å². The fourth-order valence-electron chi connectivity index (χ4n) is 1.76. The lowest BCUT2D eigenvalue weighted by Crippen LogP contribution is -2.05. The molecule has 0 amide bonds. The molecule has 0 aliphatic rings. The molecule has 0 fully saturated rings. The van der Waals surface area contributed by atoms with E-state index in [2.05, 4.69) is 11.4 Å². The molecule has 19 heavy (non-hydrogen) atoms. The van der Waals surface area contributed by atoms with Crippen molar-refractivity contribution in [2.45, 2.75) is 0 Å². The van der Waals surface area contributed by atoms with E-state index >= 15 is 0 Å². The fourth-order valence-corrected chi connectivity index (χ4v) is 2.22. The van der Waals surface area contributed by atoms with Crippen LogP contribution < -0.4 is 9.50 Å². The lowest BCUT2D eigenvalue weighted by molar-refractivity contribution is 0.493. The molecule has 1 radical (unpaired) electrons. The average molecular weight is 276 g/mol. The van der Waals surface area contributed by atoms with E-state index in [-0.39, 0.29) is 0 Å². The van der Waals surface area contributed by atoms with Crippen LogP contribution in [0.25, 0.3) is 11.1 Å². The SMILES string of the molecule is CNc1ccc[c]c1-c1cccc(OS(C)(=O)=O)c1. The van der Waals surface area contributed by atoms with Crippen molar-refractivity contribution in [1.82, 2.24) is 0 Å². The molecule has 0 saturated heterocycles. The van der Waals surface area contributed by atoms with Gasteiger partial charge in [0.25, 0.3) is 0 Å². The van der Waals surface area contributed by atoms with E-state index in [4.69, 9.17) is 4.18 Å². The van der Waals surface area contributed by atoms with E-state index in [0.29, 0.717) is 5.75 Å². The monoisotopic (exact) mass is 276 g/mol. The van der Waals surface area contributed by atoms with Crippen LogP contribution in [0.1, 0.15) is 0 Å². The molecule has 0 saturated carbocycles. The van der Waals surface area contributed by atoms with Crippen molar-refractivity contribution >= 4 is 15.8 Å². The number of hydrogen-bond acceptors (Lipinski definition) is 4. The van der Waals surface area contributed by atoms with E-state index < -0.39 is 10.1 Å². The number of benzene rings is 2. The van der Waals surface area contributed by atoms with E-state index in [1.54, 1.807) is 24.3 Å². The molecule has 99 valence electrons. The summed E-state index contributed by atoms with van der Waals surface area (Å²) < 4.78 is 27.1. The third-order valence-electron chi connectivity index (χ3n) is 2.50. The summed E-state index contributed by atoms with van der Waals surface area (Å²) in [5, 5.41) is 3.07. The molecule has 0 aliphatic heterocycles. The Morgan fingerprint density at radius 2 is 2.00 bits per heavy atom. The third-order valence-corrected chi connectivity index (χ3v) is 2.99. The maximum atomic E-state index is 11.1. The van der Waals surface area contributed by atoms with Gasteiger partial charge in [0, 0.05) is 18.3 Å². The van der Waals surface area contributed by atoms with Gasteiger partial charge in [-0.2, -0.15) is 8.42 Å². The van der Waals surface area contributed by atoms with Crippen molar-refractivity contribution in [1.29, 1.82) is 0 Å². The summed E-state index contributed by atoms with van der Waals surface area (Å²) >= 11 is 0. The third kappa shape index (κ3) is 3.48. The minimum absolute atomic E-state index is 0.291.